The van der Waals surface area contributed by atoms with Gasteiger partial charge in [0.05, 0.1) is 46.1 Å². The summed E-state index contributed by atoms with van der Waals surface area (Å²) >= 11 is 0. The molecule has 6 rings (SSSR count). The number of carbonyl (C=O) groups excluding carboxylic acids is 1. The van der Waals surface area contributed by atoms with Crippen LogP contribution in [0.1, 0.15) is 29.6 Å². The summed E-state index contributed by atoms with van der Waals surface area (Å²) in [6.45, 7) is 0.864. The van der Waals surface area contributed by atoms with E-state index in [1.807, 2.05) is 83.3 Å². The van der Waals surface area contributed by atoms with Gasteiger partial charge in [0, 0.05) is 49.1 Å². The third-order valence-corrected chi connectivity index (χ3v) is 6.66. The lowest BCUT2D eigenvalue weighted by atomic mass is 10.0. The van der Waals surface area contributed by atoms with Gasteiger partial charge >= 0.3 is 0 Å². The Kier molecular flexibility index (Phi) is 6.02. The highest BCUT2D eigenvalue weighted by atomic mass is 16.1. The Morgan fingerprint density at radius 2 is 1.65 bits per heavy atom. The fraction of sp³-hybridized carbons (Fsp3) is 0.167. The van der Waals surface area contributed by atoms with Crippen LogP contribution < -0.4 is 0 Å². The van der Waals surface area contributed by atoms with E-state index in [4.69, 9.17) is 9.97 Å². The number of rotatable bonds is 8. The summed E-state index contributed by atoms with van der Waals surface area (Å²) in [4.78, 5) is 31.6. The summed E-state index contributed by atoms with van der Waals surface area (Å²) in [6.07, 6.45) is 9.57. The van der Waals surface area contributed by atoms with E-state index < -0.39 is 0 Å². The first-order valence-electron chi connectivity index (χ1n) is 12.4. The van der Waals surface area contributed by atoms with Gasteiger partial charge in [-0.3, -0.25) is 4.79 Å². The van der Waals surface area contributed by atoms with Gasteiger partial charge in [-0.1, -0.05) is 36.4 Å². The molecule has 0 aliphatic heterocycles. The second-order valence-corrected chi connectivity index (χ2v) is 9.23. The van der Waals surface area contributed by atoms with Crippen LogP contribution in [0.4, 0.5) is 0 Å². The first-order chi connectivity index (χ1) is 18.2. The fourth-order valence-corrected chi connectivity index (χ4v) is 4.65. The zero-order valence-electron chi connectivity index (χ0n) is 20.6. The number of aromatic nitrogens is 6. The van der Waals surface area contributed by atoms with E-state index in [1.54, 1.807) is 12.5 Å². The smallest absolute Gasteiger partial charge is 0.162 e. The number of Topliss-reactive ketones (excluding diaryl/α,β-unsaturated/α-hetero) is 1. The van der Waals surface area contributed by atoms with Gasteiger partial charge in [0.1, 0.15) is 0 Å². The zero-order chi connectivity index (χ0) is 25.2. The topological polar surface area (TPSA) is 78.5 Å². The predicted octanol–water partition coefficient (Wildman–Crippen LogP) is 6.10. The van der Waals surface area contributed by atoms with Gasteiger partial charge in [0.2, 0.25) is 0 Å². The summed E-state index contributed by atoms with van der Waals surface area (Å²) in [5.41, 5.74) is 7.61. The van der Waals surface area contributed by atoms with E-state index in [1.165, 1.54) is 0 Å². The van der Waals surface area contributed by atoms with Crippen LogP contribution in [-0.4, -0.2) is 34.9 Å². The van der Waals surface area contributed by atoms with E-state index in [-0.39, 0.29) is 5.78 Å². The van der Waals surface area contributed by atoms with Crippen molar-refractivity contribution in [3.63, 3.8) is 0 Å². The van der Waals surface area contributed by atoms with Crippen molar-refractivity contribution in [1.29, 1.82) is 0 Å². The Morgan fingerprint density at radius 3 is 2.49 bits per heavy atom. The highest BCUT2D eigenvalue weighted by Gasteiger charge is 2.16. The van der Waals surface area contributed by atoms with Gasteiger partial charge < -0.3 is 9.13 Å². The van der Waals surface area contributed by atoms with Crippen molar-refractivity contribution < 1.29 is 4.79 Å². The molecule has 0 atom stereocenters. The molecule has 0 N–H and O–H groups in total. The molecule has 0 saturated heterocycles. The lowest BCUT2D eigenvalue weighted by Gasteiger charge is -2.12. The summed E-state index contributed by atoms with van der Waals surface area (Å²) in [7, 11) is 1.98. The van der Waals surface area contributed by atoms with Crippen molar-refractivity contribution >= 4 is 27.9 Å². The molecular formula is C30H26N6O. The number of hydrogen-bond donors (Lipinski definition) is 0. The van der Waals surface area contributed by atoms with Gasteiger partial charge in [-0.05, 0) is 43.2 Å². The van der Waals surface area contributed by atoms with Crippen LogP contribution in [0.3, 0.4) is 0 Å². The molecular weight excluding hydrogens is 460 g/mol. The Labute approximate surface area is 214 Å². The largest absolute Gasteiger partial charge is 0.337 e. The molecule has 7 heteroatoms. The van der Waals surface area contributed by atoms with Crippen LogP contribution >= 0.6 is 0 Å². The summed E-state index contributed by atoms with van der Waals surface area (Å²) in [5.74, 6) is 0.123. The molecule has 0 bridgehead atoms. The zero-order valence-corrected chi connectivity index (χ0v) is 20.6. The number of aryl methyl sites for hydroxylation is 2. The van der Waals surface area contributed by atoms with Crippen LogP contribution in [0.25, 0.3) is 44.6 Å². The molecule has 0 saturated carbocycles. The number of hydrogen-bond acceptors (Lipinski definition) is 5. The molecule has 0 unspecified atom stereocenters. The van der Waals surface area contributed by atoms with Crippen molar-refractivity contribution in [2.45, 2.75) is 25.8 Å². The minimum atomic E-state index is 0.123. The lowest BCUT2D eigenvalue weighted by molar-refractivity contribution is 0.0979. The Balaban J connectivity index is 1.34. The van der Waals surface area contributed by atoms with Crippen molar-refractivity contribution in [1.82, 2.24) is 29.1 Å². The maximum Gasteiger partial charge on any atom is 0.162 e. The second kappa shape index (κ2) is 9.78. The van der Waals surface area contributed by atoms with Crippen LogP contribution in [0.2, 0.25) is 0 Å². The predicted molar refractivity (Wildman–Crippen MR) is 145 cm³/mol. The average molecular weight is 487 g/mol. The molecule has 7 nitrogen and oxygen atoms in total. The lowest BCUT2D eigenvalue weighted by Crippen LogP contribution is -2.02. The minimum Gasteiger partial charge on any atom is -0.337 e. The Hall–Kier alpha value is -4.65. The first kappa shape index (κ1) is 22.8. The number of benzene rings is 3. The van der Waals surface area contributed by atoms with E-state index in [9.17, 15) is 4.79 Å². The number of ketones is 1. The van der Waals surface area contributed by atoms with Gasteiger partial charge in [-0.2, -0.15) is 0 Å². The molecule has 0 fully saturated rings. The number of imidazole rings is 2. The van der Waals surface area contributed by atoms with Crippen LogP contribution in [0.5, 0.6) is 0 Å². The van der Waals surface area contributed by atoms with Crippen molar-refractivity contribution in [3.05, 3.63) is 97.3 Å². The molecule has 3 aromatic carbocycles. The third kappa shape index (κ3) is 4.63. The van der Waals surface area contributed by atoms with E-state index in [0.717, 1.165) is 58.5 Å². The molecule has 3 aromatic heterocycles. The van der Waals surface area contributed by atoms with Gasteiger partial charge in [0.15, 0.2) is 5.78 Å². The number of fused-ring (bicyclic) bond motifs is 2. The fourth-order valence-electron chi connectivity index (χ4n) is 4.65. The molecule has 0 aliphatic carbocycles. The summed E-state index contributed by atoms with van der Waals surface area (Å²) in [5, 5.41) is 0. The average Bonchev–Trinajstić information content (AvgIpc) is 3.60. The maximum atomic E-state index is 13.0. The van der Waals surface area contributed by atoms with Crippen molar-refractivity contribution in [3.8, 4) is 22.5 Å². The molecule has 0 aliphatic rings. The Morgan fingerprint density at radius 1 is 0.811 bits per heavy atom. The van der Waals surface area contributed by atoms with Crippen LogP contribution in [0.15, 0.2) is 91.8 Å². The summed E-state index contributed by atoms with van der Waals surface area (Å²) in [6, 6.07) is 21.9. The van der Waals surface area contributed by atoms with Gasteiger partial charge in [-0.15, -0.1) is 0 Å². The van der Waals surface area contributed by atoms with E-state index in [0.29, 0.717) is 17.5 Å². The van der Waals surface area contributed by atoms with Crippen molar-refractivity contribution in [2.24, 2.45) is 7.05 Å². The molecule has 3 heterocycles. The molecule has 182 valence electrons. The van der Waals surface area contributed by atoms with Gasteiger partial charge in [0.25, 0.3) is 0 Å². The quantitative estimate of drug-likeness (QED) is 0.192. The number of nitrogens with zero attached hydrogens (tertiary/aromatic N) is 6. The SMILES string of the molecule is Cn1cnc2cc(-c3nc4cc(C(=O)CCCCn5ccnc5)ccc4nc3-c3ccccc3)ccc21. The monoisotopic (exact) mass is 486 g/mol. The molecule has 37 heavy (non-hydrogen) atoms. The van der Waals surface area contributed by atoms with E-state index in [2.05, 4.69) is 22.1 Å². The standard InChI is InChI=1S/C30H26N6O/c1-35-20-32-26-18-23(11-13-27(26)35)30-29(21-7-3-2-4-8-21)33-24-12-10-22(17-25(24)34-30)28(37)9-5-6-15-36-16-14-31-19-36/h2-4,7-8,10-14,16-20H,5-6,9,15H2,1H3. The minimum absolute atomic E-state index is 0.123. The Bertz CT molecular complexity index is 1700. The molecule has 0 radical (unpaired) electrons. The highest BCUT2D eigenvalue weighted by Crippen LogP contribution is 2.32. The van der Waals surface area contributed by atoms with Crippen LogP contribution in [-0.2, 0) is 13.6 Å². The van der Waals surface area contributed by atoms with E-state index >= 15 is 0 Å². The van der Waals surface area contributed by atoms with Crippen LogP contribution in [0, 0.1) is 0 Å². The summed E-state index contributed by atoms with van der Waals surface area (Å²) < 4.78 is 4.03. The molecule has 0 amide bonds. The third-order valence-electron chi connectivity index (χ3n) is 6.66. The number of carbonyl (C=O) groups is 1. The molecule has 0 spiro atoms. The molecule has 6 aromatic rings. The second-order valence-electron chi connectivity index (χ2n) is 9.23. The number of unbranched alkanes of at least 4 members (excludes halogenated alkanes) is 1. The maximum absolute atomic E-state index is 13.0. The van der Waals surface area contributed by atoms with Crippen molar-refractivity contribution in [2.75, 3.05) is 0 Å². The van der Waals surface area contributed by atoms with Gasteiger partial charge in [-0.25, -0.2) is 19.9 Å². The highest BCUT2D eigenvalue weighted by molar-refractivity contribution is 5.99. The first-order valence-corrected chi connectivity index (χ1v) is 12.4. The normalized spacial score (nSPS) is 11.4.